The van der Waals surface area contributed by atoms with Crippen LogP contribution in [-0.4, -0.2) is 238 Å². The van der Waals surface area contributed by atoms with Crippen molar-refractivity contribution in [3.63, 3.8) is 0 Å². The van der Waals surface area contributed by atoms with Crippen LogP contribution >= 0.6 is 12.6 Å². The molecule has 1 aliphatic heterocycles. The molecule has 0 aliphatic carbocycles. The van der Waals surface area contributed by atoms with Crippen molar-refractivity contribution in [2.75, 3.05) is 167 Å². The second-order valence-electron chi connectivity index (χ2n) is 18.0. The van der Waals surface area contributed by atoms with Crippen LogP contribution in [0.5, 0.6) is 0 Å². The van der Waals surface area contributed by atoms with Crippen molar-refractivity contribution >= 4 is 77.4 Å². The van der Waals surface area contributed by atoms with Crippen LogP contribution in [0, 0.1) is 0 Å². The predicted octanol–water partition coefficient (Wildman–Crippen LogP) is 9.10. The van der Waals surface area contributed by atoms with E-state index in [4.69, 9.17) is 98.6 Å². The lowest BCUT2D eigenvalue weighted by molar-refractivity contribution is -0.139. The first kappa shape index (κ1) is 91.0. The van der Waals surface area contributed by atoms with Gasteiger partial charge in [0.15, 0.2) is 0 Å². The molecule has 1 heterocycles. The fraction of sp³-hybridized carbons (Fsp3) is 0.885. The maximum atomic E-state index is 11.1. The minimum absolute atomic E-state index is 0.316. The van der Waals surface area contributed by atoms with Crippen LogP contribution in [0.4, 0.5) is 0 Å². The van der Waals surface area contributed by atoms with E-state index in [9.17, 15) is 9.59 Å². The zero-order valence-corrected chi connectivity index (χ0v) is 62.4. The van der Waals surface area contributed by atoms with Crippen LogP contribution in [0.1, 0.15) is 98.3 Å². The zero-order chi connectivity index (χ0) is 64.7. The summed E-state index contributed by atoms with van der Waals surface area (Å²) in [7, 11) is 14.8. The number of hydrogen-bond donors (Lipinski definition) is 1. The Bertz CT molecular complexity index is 1410. The van der Waals surface area contributed by atoms with Crippen LogP contribution in [0.3, 0.4) is 0 Å². The molecule has 0 aromatic carbocycles. The minimum Gasteiger partial charge on any atom is -0.462 e. The zero-order valence-electron chi connectivity index (χ0n) is 55.5. The van der Waals surface area contributed by atoms with Gasteiger partial charge < -0.3 is 98.6 Å². The number of carbonyl (C=O) groups is 2. The van der Waals surface area contributed by atoms with Crippen LogP contribution in [-0.2, 0) is 108 Å². The molecule has 1 rings (SSSR count). The quantitative estimate of drug-likeness (QED) is 0.0149. The van der Waals surface area contributed by atoms with Gasteiger partial charge in [0.25, 0.3) is 0 Å². The van der Waals surface area contributed by atoms with Gasteiger partial charge in [0.2, 0.25) is 0 Å². The average Bonchev–Trinajstić information content (AvgIpc) is 4.36. The first-order valence-corrected chi connectivity index (χ1v) is 40.1. The Balaban J connectivity index is -0.000000295. The molecular weight excluding hydrogens is 1210 g/mol. The Labute approximate surface area is 514 Å². The summed E-state index contributed by atoms with van der Waals surface area (Å²) >= 11 is 4.10. The number of thiol groups is 1. The monoisotopic (exact) mass is 1330 g/mol. The highest BCUT2D eigenvalue weighted by Gasteiger charge is 2.40. The normalized spacial score (nSPS) is 13.3. The standard InChI is InChI=1S/C11H26O3Si.2C10H20O5Si.C9H20O5Si.C6H16O3SSi.C6H16O3Si/c1-5-6-7-8-9-10-11-15(12-2,13-3)14-4;2*1-9(2)10(11)15-7-6-8-16(12-3,13-4)14-5;1-10-15(11-2,12-3)6-4-5-13-7-9-8-14-9;1-7-11(8-2,9-3)6-4-5-10;1-5-6-10(7-2,8-3)9-4/h5-11H2,1-4H3;2*1,6-8H2,2-5H3;9H,4-8H2,1-3H3;10H,4-6H2,1-3H3;5-6H2,1-4H3. The van der Waals surface area contributed by atoms with Gasteiger partial charge in [-0.3, -0.25) is 0 Å². The Morgan fingerprint density at radius 2 is 0.639 bits per heavy atom. The van der Waals surface area contributed by atoms with Gasteiger partial charge in [0, 0.05) is 182 Å². The van der Waals surface area contributed by atoms with Crippen molar-refractivity contribution in [1.82, 2.24) is 0 Å². The maximum Gasteiger partial charge on any atom is 0.500 e. The molecule has 1 unspecified atom stereocenters. The summed E-state index contributed by atoms with van der Waals surface area (Å²) in [6.45, 7) is 17.4. The van der Waals surface area contributed by atoms with Crippen LogP contribution < -0.4 is 0 Å². The lowest BCUT2D eigenvalue weighted by atomic mass is 10.1. The van der Waals surface area contributed by atoms with Crippen molar-refractivity contribution < 1.29 is 108 Å². The van der Waals surface area contributed by atoms with Gasteiger partial charge in [-0.2, -0.15) is 12.6 Å². The highest BCUT2D eigenvalue weighted by Crippen LogP contribution is 2.21. The van der Waals surface area contributed by atoms with Crippen molar-refractivity contribution in [1.29, 1.82) is 0 Å². The van der Waals surface area contributed by atoms with Crippen LogP contribution in [0.15, 0.2) is 24.3 Å². The van der Waals surface area contributed by atoms with E-state index in [-0.39, 0.29) is 11.9 Å². The molecule has 24 nitrogen and oxygen atoms in total. The summed E-state index contributed by atoms with van der Waals surface area (Å²) in [4.78, 5) is 22.1. The molecule has 1 aliphatic rings. The first-order chi connectivity index (χ1) is 39.5. The molecule has 1 fully saturated rings. The molecule has 500 valence electrons. The Morgan fingerprint density at radius 3 is 0.880 bits per heavy atom. The molecule has 83 heavy (non-hydrogen) atoms. The molecule has 0 bridgehead atoms. The SMILES string of the molecule is C=C(C)C(=O)OCCC[Si](OC)(OC)OC.C=C(C)C(=O)OCCC[Si](OC)(OC)OC.CCCCCCCC[Si](OC)(OC)OC.CCC[Si](OC)(OC)OC.CO[Si](CCCOCC1CO1)(OC)OC.CO[Si](CCCS)(OC)OC. The van der Waals surface area contributed by atoms with Crippen molar-refractivity contribution in [3.05, 3.63) is 24.3 Å². The molecule has 0 radical (unpaired) electrons. The second-order valence-corrected chi connectivity index (χ2v) is 37.0. The molecule has 0 saturated carbocycles. The van der Waals surface area contributed by atoms with Gasteiger partial charge in [0.05, 0.1) is 26.4 Å². The van der Waals surface area contributed by atoms with E-state index in [1.807, 2.05) is 0 Å². The Morgan fingerprint density at radius 1 is 0.386 bits per heavy atom. The second kappa shape index (κ2) is 57.7. The van der Waals surface area contributed by atoms with Gasteiger partial charge in [-0.25, -0.2) is 9.59 Å². The topological polar surface area (TPSA) is 240 Å². The summed E-state index contributed by atoms with van der Waals surface area (Å²) in [5.41, 5.74) is 0.794. The van der Waals surface area contributed by atoms with Gasteiger partial charge in [0.1, 0.15) is 6.10 Å². The van der Waals surface area contributed by atoms with Gasteiger partial charge in [-0.15, -0.1) is 0 Å². The van der Waals surface area contributed by atoms with Gasteiger partial charge in [-0.05, 0) is 51.7 Å². The summed E-state index contributed by atoms with van der Waals surface area (Å²) in [5.74, 6) is 0.0872. The molecule has 0 aromatic rings. The number of rotatable bonds is 46. The minimum atomic E-state index is -2.53. The maximum absolute atomic E-state index is 11.1. The number of carbonyl (C=O) groups excluding carboxylic acids is 2. The van der Waals surface area contributed by atoms with Crippen molar-refractivity contribution in [3.8, 4) is 0 Å². The molecule has 0 amide bonds. The highest BCUT2D eigenvalue weighted by molar-refractivity contribution is 7.80. The van der Waals surface area contributed by atoms with E-state index in [1.54, 1.807) is 142 Å². The number of epoxide rings is 1. The fourth-order valence-corrected chi connectivity index (χ4v) is 17.8. The van der Waals surface area contributed by atoms with E-state index in [2.05, 4.69) is 39.6 Å². The number of ether oxygens (including phenoxy) is 4. The molecule has 0 spiro atoms. The fourth-order valence-electron chi connectivity index (χ4n) is 6.98. The number of unbranched alkanes of at least 4 members (excludes halogenated alkanes) is 5. The summed E-state index contributed by atoms with van der Waals surface area (Å²) in [6.07, 6.45) is 12.2. The van der Waals surface area contributed by atoms with Gasteiger partial charge in [-0.1, -0.05) is 65.5 Å². The Hall–Kier alpha value is -0.729. The van der Waals surface area contributed by atoms with E-state index in [0.29, 0.717) is 68.6 Å². The highest BCUT2D eigenvalue weighted by atomic mass is 32.1. The predicted molar refractivity (Wildman–Crippen MR) is 338 cm³/mol. The van der Waals surface area contributed by atoms with Crippen molar-refractivity contribution in [2.24, 2.45) is 0 Å². The number of esters is 2. The summed E-state index contributed by atoms with van der Waals surface area (Å²) < 4.78 is 115. The lowest BCUT2D eigenvalue weighted by Gasteiger charge is -2.24. The smallest absolute Gasteiger partial charge is 0.462 e. The van der Waals surface area contributed by atoms with Crippen molar-refractivity contribution in [2.45, 2.75) is 141 Å². The van der Waals surface area contributed by atoms with Crippen LogP contribution in [0.2, 0.25) is 36.3 Å². The summed E-state index contributed by atoms with van der Waals surface area (Å²) in [5, 5.41) is 0. The third kappa shape index (κ3) is 44.4. The van der Waals surface area contributed by atoms with E-state index in [0.717, 1.165) is 62.2 Å². The van der Waals surface area contributed by atoms with E-state index in [1.165, 1.54) is 32.1 Å². The van der Waals surface area contributed by atoms with Crippen LogP contribution in [0.25, 0.3) is 0 Å². The van der Waals surface area contributed by atoms with Gasteiger partial charge >= 0.3 is 64.8 Å². The first-order valence-electron chi connectivity index (χ1n) is 27.9. The molecule has 0 N–H and O–H groups in total. The summed E-state index contributed by atoms with van der Waals surface area (Å²) in [6, 6.07) is 4.65. The molecular formula is C52H118O24SSi6. The number of hydrogen-bond acceptors (Lipinski definition) is 25. The molecule has 1 saturated heterocycles. The average molecular weight is 1330 g/mol. The Kier molecular flexibility index (Phi) is 63.3. The molecule has 31 heteroatoms. The van der Waals surface area contributed by atoms with E-state index < -0.39 is 52.8 Å². The third-order valence-electron chi connectivity index (χ3n) is 12.5. The molecule has 1 atom stereocenters. The lowest BCUT2D eigenvalue weighted by Crippen LogP contribution is -2.42. The van der Waals surface area contributed by atoms with E-state index >= 15 is 0 Å². The largest absolute Gasteiger partial charge is 0.500 e. The molecule has 0 aromatic heterocycles. The third-order valence-corrected chi connectivity index (χ3v) is 30.0.